The van der Waals surface area contributed by atoms with Crippen LogP contribution < -0.4 is 16.0 Å². The van der Waals surface area contributed by atoms with Crippen LogP contribution in [0.3, 0.4) is 0 Å². The molecule has 0 atom stereocenters. The summed E-state index contributed by atoms with van der Waals surface area (Å²) in [6, 6.07) is 8.70. The number of benzene rings is 2. The minimum atomic E-state index is -1.27. The quantitative estimate of drug-likeness (QED) is 0.750. The lowest BCUT2D eigenvalue weighted by atomic mass is 10.0. The number of hydrogen-bond donors (Lipinski definition) is 3. The Morgan fingerprint density at radius 2 is 2.00 bits per heavy atom. The van der Waals surface area contributed by atoms with E-state index >= 15 is 0 Å². The minimum Gasteiger partial charge on any atom is -0.465 e. The van der Waals surface area contributed by atoms with Gasteiger partial charge in [0.15, 0.2) is 0 Å². The third-order valence-corrected chi connectivity index (χ3v) is 3.62. The Bertz CT molecular complexity index is 808. The lowest BCUT2D eigenvalue weighted by Gasteiger charge is -2.20. The molecule has 1 aliphatic rings. The van der Waals surface area contributed by atoms with Gasteiger partial charge in [-0.2, -0.15) is 0 Å². The Morgan fingerprint density at radius 1 is 1.29 bits per heavy atom. The van der Waals surface area contributed by atoms with Gasteiger partial charge in [-0.05, 0) is 29.8 Å². The molecule has 1 aliphatic heterocycles. The van der Waals surface area contributed by atoms with E-state index in [1.54, 1.807) is 18.2 Å². The number of anilines is 3. The summed E-state index contributed by atoms with van der Waals surface area (Å²) in [6.45, 7) is 0.553. The van der Waals surface area contributed by atoms with Gasteiger partial charge in [0, 0.05) is 5.56 Å². The number of cyclic esters (lactones) is 1. The fourth-order valence-corrected chi connectivity index (χ4v) is 2.52. The second-order valence-corrected chi connectivity index (χ2v) is 5.16. The van der Waals surface area contributed by atoms with E-state index in [1.807, 2.05) is 0 Å². The predicted molar refractivity (Wildman–Crippen MR) is 86.6 cm³/mol. The molecule has 1 fully saturated rings. The highest BCUT2D eigenvalue weighted by Gasteiger charge is 2.27. The van der Waals surface area contributed by atoms with E-state index < -0.39 is 18.0 Å². The normalized spacial score (nSPS) is 13.7. The molecule has 0 aromatic heterocycles. The van der Waals surface area contributed by atoms with Crippen molar-refractivity contribution in [3.05, 3.63) is 42.2 Å². The molecule has 24 heavy (non-hydrogen) atoms. The number of hydrogen-bond acceptors (Lipinski definition) is 4. The maximum atomic E-state index is 13.2. The molecule has 2 amide bonds. The highest BCUT2D eigenvalue weighted by atomic mass is 19.1. The van der Waals surface area contributed by atoms with Gasteiger partial charge in [-0.3, -0.25) is 10.2 Å². The third kappa shape index (κ3) is 2.94. The highest BCUT2D eigenvalue weighted by Crippen LogP contribution is 2.38. The highest BCUT2D eigenvalue weighted by molar-refractivity contribution is 6.00. The number of nitrogens with two attached hydrogens (primary N) is 1. The van der Waals surface area contributed by atoms with Crippen LogP contribution in [0.2, 0.25) is 0 Å². The molecule has 2 aromatic rings. The molecule has 4 N–H and O–H groups in total. The van der Waals surface area contributed by atoms with Crippen LogP contribution in [-0.4, -0.2) is 30.4 Å². The summed E-state index contributed by atoms with van der Waals surface area (Å²) in [6.07, 6.45) is -1.81. The van der Waals surface area contributed by atoms with Crippen molar-refractivity contribution in [2.24, 2.45) is 0 Å². The van der Waals surface area contributed by atoms with Gasteiger partial charge in [0.2, 0.25) is 0 Å². The zero-order chi connectivity index (χ0) is 17.3. The molecule has 124 valence electrons. The van der Waals surface area contributed by atoms with Crippen LogP contribution in [0.15, 0.2) is 36.4 Å². The zero-order valence-corrected chi connectivity index (χ0v) is 12.5. The molecule has 0 saturated carbocycles. The standard InChI is InChI=1S/C16H14FN3O4/c17-10-3-1-9(2-4-10)11-7-12(18)13(19-15(21)22)8-14(11)20-5-6-24-16(20)23/h1-4,7-8,19H,5-6,18H2,(H,21,22). The summed E-state index contributed by atoms with van der Waals surface area (Å²) in [5, 5.41) is 11.1. The maximum absolute atomic E-state index is 13.2. The lowest BCUT2D eigenvalue weighted by molar-refractivity contribution is 0.181. The summed E-state index contributed by atoms with van der Waals surface area (Å²) in [5.74, 6) is -0.391. The van der Waals surface area contributed by atoms with E-state index in [-0.39, 0.29) is 18.0 Å². The first-order valence-corrected chi connectivity index (χ1v) is 7.09. The predicted octanol–water partition coefficient (Wildman–Crippen LogP) is 3.12. The molecule has 3 rings (SSSR count). The molecule has 8 heteroatoms. The second-order valence-electron chi connectivity index (χ2n) is 5.16. The molecular formula is C16H14FN3O4. The zero-order valence-electron chi connectivity index (χ0n) is 12.5. The number of rotatable bonds is 3. The molecule has 0 bridgehead atoms. The second kappa shape index (κ2) is 6.07. The van der Waals surface area contributed by atoms with Gasteiger partial charge in [0.25, 0.3) is 0 Å². The van der Waals surface area contributed by atoms with Crippen molar-refractivity contribution in [2.75, 3.05) is 29.1 Å². The SMILES string of the molecule is Nc1cc(-c2ccc(F)cc2)c(N2CCOC2=O)cc1NC(=O)O. The van der Waals surface area contributed by atoms with Crippen LogP contribution in [0.5, 0.6) is 0 Å². The van der Waals surface area contributed by atoms with Crippen LogP contribution in [0, 0.1) is 5.82 Å². The molecule has 1 saturated heterocycles. The van der Waals surface area contributed by atoms with E-state index in [2.05, 4.69) is 5.32 Å². The van der Waals surface area contributed by atoms with Crippen LogP contribution in [0.4, 0.5) is 31.0 Å². The van der Waals surface area contributed by atoms with Crippen LogP contribution >= 0.6 is 0 Å². The maximum Gasteiger partial charge on any atom is 0.414 e. The van der Waals surface area contributed by atoms with Gasteiger partial charge in [-0.1, -0.05) is 12.1 Å². The van der Waals surface area contributed by atoms with Crippen molar-refractivity contribution in [3.8, 4) is 11.1 Å². The summed E-state index contributed by atoms with van der Waals surface area (Å²) in [5.41, 5.74) is 7.89. The first-order valence-electron chi connectivity index (χ1n) is 7.09. The molecule has 0 spiro atoms. The fourth-order valence-electron chi connectivity index (χ4n) is 2.52. The number of nitrogen functional groups attached to an aromatic ring is 1. The molecule has 1 heterocycles. The number of carboxylic acid groups (broad SMARTS) is 1. The van der Waals surface area contributed by atoms with Crippen molar-refractivity contribution in [1.82, 2.24) is 0 Å². The first-order chi connectivity index (χ1) is 11.5. The van der Waals surface area contributed by atoms with Gasteiger partial charge >= 0.3 is 12.2 Å². The van der Waals surface area contributed by atoms with Gasteiger partial charge in [0.1, 0.15) is 12.4 Å². The number of nitrogens with one attached hydrogen (secondary N) is 1. The molecule has 0 unspecified atom stereocenters. The van der Waals surface area contributed by atoms with Crippen molar-refractivity contribution in [1.29, 1.82) is 0 Å². The van der Waals surface area contributed by atoms with E-state index in [0.29, 0.717) is 23.4 Å². The number of ether oxygens (including phenoxy) is 1. The van der Waals surface area contributed by atoms with E-state index in [9.17, 15) is 14.0 Å². The molecule has 7 nitrogen and oxygen atoms in total. The molecule has 0 radical (unpaired) electrons. The lowest BCUT2D eigenvalue weighted by Crippen LogP contribution is -2.24. The number of amides is 2. The molecule has 0 aliphatic carbocycles. The Morgan fingerprint density at radius 3 is 2.58 bits per heavy atom. The Kier molecular flexibility index (Phi) is 3.95. The third-order valence-electron chi connectivity index (χ3n) is 3.62. The summed E-state index contributed by atoms with van der Waals surface area (Å²) < 4.78 is 18.1. The monoisotopic (exact) mass is 331 g/mol. The van der Waals surface area contributed by atoms with Crippen LogP contribution in [0.25, 0.3) is 11.1 Å². The summed E-state index contributed by atoms with van der Waals surface area (Å²) >= 11 is 0. The van der Waals surface area contributed by atoms with Crippen molar-refractivity contribution < 1.29 is 23.8 Å². The van der Waals surface area contributed by atoms with E-state index in [4.69, 9.17) is 15.6 Å². The number of halogens is 1. The van der Waals surface area contributed by atoms with Gasteiger partial charge in [-0.25, -0.2) is 14.0 Å². The van der Waals surface area contributed by atoms with E-state index in [0.717, 1.165) is 0 Å². The molecule has 2 aromatic carbocycles. The van der Waals surface area contributed by atoms with Crippen molar-refractivity contribution in [3.63, 3.8) is 0 Å². The molecular weight excluding hydrogens is 317 g/mol. The van der Waals surface area contributed by atoms with Gasteiger partial charge in [-0.15, -0.1) is 0 Å². The summed E-state index contributed by atoms with van der Waals surface area (Å²) in [4.78, 5) is 24.2. The minimum absolute atomic E-state index is 0.156. The average Bonchev–Trinajstić information content (AvgIpc) is 2.95. The van der Waals surface area contributed by atoms with Gasteiger partial charge < -0.3 is 15.6 Å². The van der Waals surface area contributed by atoms with Crippen molar-refractivity contribution in [2.45, 2.75) is 0 Å². The first kappa shape index (κ1) is 15.6. The van der Waals surface area contributed by atoms with Crippen molar-refractivity contribution >= 4 is 29.2 Å². The fraction of sp³-hybridized carbons (Fsp3) is 0.125. The largest absolute Gasteiger partial charge is 0.465 e. The Labute approximate surface area is 136 Å². The Balaban J connectivity index is 2.15. The average molecular weight is 331 g/mol. The number of carbonyl (C=O) groups excluding carboxylic acids is 1. The topological polar surface area (TPSA) is 105 Å². The van der Waals surface area contributed by atoms with Gasteiger partial charge in [0.05, 0.1) is 23.6 Å². The summed E-state index contributed by atoms with van der Waals surface area (Å²) in [7, 11) is 0. The van der Waals surface area contributed by atoms with E-state index in [1.165, 1.54) is 23.1 Å². The Hall–Kier alpha value is -3.29. The number of carbonyl (C=O) groups is 2. The van der Waals surface area contributed by atoms with Crippen LogP contribution in [0.1, 0.15) is 0 Å². The smallest absolute Gasteiger partial charge is 0.414 e. The van der Waals surface area contributed by atoms with Crippen LogP contribution in [-0.2, 0) is 4.74 Å². The number of nitrogens with zero attached hydrogens (tertiary/aromatic N) is 1.